The molecule has 0 amide bonds. The highest BCUT2D eigenvalue weighted by atomic mass is 16.5. The van der Waals surface area contributed by atoms with Gasteiger partial charge in [0, 0.05) is 30.6 Å². The second-order valence-electron chi connectivity index (χ2n) is 2.95. The lowest BCUT2D eigenvalue weighted by molar-refractivity contribution is 0.161. The van der Waals surface area contributed by atoms with Crippen LogP contribution in [-0.2, 0) is 4.74 Å². The Hall–Kier alpha value is -0.770. The zero-order valence-electron chi connectivity index (χ0n) is 7.31. The summed E-state index contributed by atoms with van der Waals surface area (Å²) in [5.74, 6) is 0. The number of likely N-dealkylation sites (N-methyl/N-ethyl adjacent to an activating group) is 1. The summed E-state index contributed by atoms with van der Waals surface area (Å²) in [6, 6.07) is 0.513. The highest BCUT2D eigenvalue weighted by Gasteiger charge is 2.19. The maximum atomic E-state index is 8.06. The predicted octanol–water partition coefficient (Wildman–Crippen LogP) is 1.02. The molecule has 1 aliphatic heterocycles. The van der Waals surface area contributed by atoms with E-state index in [9.17, 15) is 0 Å². The van der Waals surface area contributed by atoms with E-state index in [2.05, 4.69) is 14.9 Å². The molecule has 1 unspecified atom stereocenters. The summed E-state index contributed by atoms with van der Waals surface area (Å²) >= 11 is 0. The molecule has 1 saturated heterocycles. The Labute approximate surface area is 71.9 Å². The van der Waals surface area contributed by atoms with Gasteiger partial charge in [0.05, 0.1) is 6.61 Å². The molecule has 0 saturated carbocycles. The molecule has 5 heteroatoms. The van der Waals surface area contributed by atoms with Crippen LogP contribution in [0, 0.1) is 0 Å². The molecule has 0 aliphatic carbocycles. The third-order valence-corrected chi connectivity index (χ3v) is 2.14. The molecule has 0 aromatic rings. The van der Waals surface area contributed by atoms with Crippen LogP contribution in [0.4, 0.5) is 0 Å². The van der Waals surface area contributed by atoms with Crippen molar-refractivity contribution in [3.05, 3.63) is 10.4 Å². The lowest BCUT2D eigenvalue weighted by atomic mass is 10.2. The van der Waals surface area contributed by atoms with Crippen LogP contribution in [0.5, 0.6) is 0 Å². The van der Waals surface area contributed by atoms with E-state index >= 15 is 0 Å². The summed E-state index contributed by atoms with van der Waals surface area (Å²) in [4.78, 5) is 4.88. The van der Waals surface area contributed by atoms with Crippen LogP contribution in [0.3, 0.4) is 0 Å². The fraction of sp³-hybridized carbons (Fsp3) is 1.00. The van der Waals surface area contributed by atoms with Crippen LogP contribution in [0.2, 0.25) is 0 Å². The number of hydrogen-bond acceptors (Lipinski definition) is 3. The monoisotopic (exact) mass is 170 g/mol. The molecule has 1 fully saturated rings. The average Bonchev–Trinajstić information content (AvgIpc) is 2.56. The van der Waals surface area contributed by atoms with E-state index in [0.29, 0.717) is 12.6 Å². The minimum absolute atomic E-state index is 0.513. The number of azide groups is 1. The average molecular weight is 170 g/mol. The number of hydrogen-bond donors (Lipinski definition) is 0. The third kappa shape index (κ3) is 2.70. The second kappa shape index (κ2) is 4.98. The van der Waals surface area contributed by atoms with Crippen molar-refractivity contribution in [1.82, 2.24) is 4.90 Å². The summed E-state index contributed by atoms with van der Waals surface area (Å²) in [5, 5.41) is 3.48. The number of nitrogens with zero attached hydrogens (tertiary/aromatic N) is 4. The van der Waals surface area contributed by atoms with Gasteiger partial charge in [0.15, 0.2) is 0 Å². The largest absolute Gasteiger partial charge is 0.380 e. The Kier molecular flexibility index (Phi) is 3.87. The van der Waals surface area contributed by atoms with Gasteiger partial charge in [-0.25, -0.2) is 0 Å². The van der Waals surface area contributed by atoms with E-state index in [4.69, 9.17) is 10.3 Å². The minimum Gasteiger partial charge on any atom is -0.380 e. The Morgan fingerprint density at radius 1 is 1.75 bits per heavy atom. The second-order valence-corrected chi connectivity index (χ2v) is 2.95. The zero-order chi connectivity index (χ0) is 8.81. The molecule has 12 heavy (non-hydrogen) atoms. The van der Waals surface area contributed by atoms with E-state index in [-0.39, 0.29) is 0 Å². The van der Waals surface area contributed by atoms with Gasteiger partial charge in [0.2, 0.25) is 0 Å². The summed E-state index contributed by atoms with van der Waals surface area (Å²) in [6.07, 6.45) is 1.09. The molecule has 1 heterocycles. The first-order chi connectivity index (χ1) is 5.84. The molecule has 0 bridgehead atoms. The Morgan fingerprint density at radius 3 is 3.17 bits per heavy atom. The lowest BCUT2D eigenvalue weighted by Crippen LogP contribution is -2.33. The van der Waals surface area contributed by atoms with Crippen LogP contribution >= 0.6 is 0 Å². The van der Waals surface area contributed by atoms with Crippen LogP contribution in [0.1, 0.15) is 6.42 Å². The van der Waals surface area contributed by atoms with E-state index < -0.39 is 0 Å². The molecular formula is C7H14N4O. The molecule has 1 rings (SSSR count). The number of rotatable bonds is 4. The van der Waals surface area contributed by atoms with Crippen molar-refractivity contribution in [1.29, 1.82) is 0 Å². The third-order valence-electron chi connectivity index (χ3n) is 2.14. The van der Waals surface area contributed by atoms with Gasteiger partial charge in [0.1, 0.15) is 0 Å². The summed E-state index contributed by atoms with van der Waals surface area (Å²) in [7, 11) is 2.03. The molecule has 5 nitrogen and oxygen atoms in total. The van der Waals surface area contributed by atoms with Gasteiger partial charge >= 0.3 is 0 Å². The van der Waals surface area contributed by atoms with Crippen molar-refractivity contribution in [3.63, 3.8) is 0 Å². The molecular weight excluding hydrogens is 156 g/mol. The molecule has 0 spiro atoms. The minimum atomic E-state index is 0.513. The maximum absolute atomic E-state index is 8.06. The highest BCUT2D eigenvalue weighted by molar-refractivity contribution is 4.73. The molecule has 0 aromatic heterocycles. The smallest absolute Gasteiger partial charge is 0.0622 e. The van der Waals surface area contributed by atoms with Crippen molar-refractivity contribution in [2.24, 2.45) is 5.11 Å². The van der Waals surface area contributed by atoms with E-state index in [1.54, 1.807) is 0 Å². The lowest BCUT2D eigenvalue weighted by Gasteiger charge is -2.21. The molecule has 68 valence electrons. The summed E-state index contributed by atoms with van der Waals surface area (Å²) in [6.45, 7) is 3.03. The Balaban J connectivity index is 2.17. The quantitative estimate of drug-likeness (QED) is 0.359. The van der Waals surface area contributed by atoms with Gasteiger partial charge < -0.3 is 9.64 Å². The van der Waals surface area contributed by atoms with Gasteiger partial charge in [-0.2, -0.15) is 0 Å². The topological polar surface area (TPSA) is 61.2 Å². The molecule has 0 N–H and O–H groups in total. The predicted molar refractivity (Wildman–Crippen MR) is 45.9 cm³/mol. The first-order valence-corrected chi connectivity index (χ1v) is 4.13. The van der Waals surface area contributed by atoms with Crippen molar-refractivity contribution in [2.75, 3.05) is 33.4 Å². The van der Waals surface area contributed by atoms with Crippen molar-refractivity contribution in [2.45, 2.75) is 12.5 Å². The van der Waals surface area contributed by atoms with E-state index in [1.165, 1.54) is 0 Å². The Morgan fingerprint density at radius 2 is 2.58 bits per heavy atom. The van der Waals surface area contributed by atoms with Crippen molar-refractivity contribution >= 4 is 0 Å². The molecule has 1 aliphatic rings. The van der Waals surface area contributed by atoms with Crippen molar-refractivity contribution in [3.8, 4) is 0 Å². The summed E-state index contributed by atoms with van der Waals surface area (Å²) in [5.41, 5.74) is 8.06. The SMILES string of the molecule is CN(CCN=[N+]=[N-])C1CCOC1. The van der Waals surface area contributed by atoms with E-state index in [1.807, 2.05) is 7.05 Å². The van der Waals surface area contributed by atoms with E-state index in [0.717, 1.165) is 26.2 Å². The number of ether oxygens (including phenoxy) is 1. The maximum Gasteiger partial charge on any atom is 0.0622 e. The zero-order valence-corrected chi connectivity index (χ0v) is 7.31. The summed E-state index contributed by atoms with van der Waals surface area (Å²) < 4.78 is 5.24. The van der Waals surface area contributed by atoms with Crippen LogP contribution in [0.25, 0.3) is 10.4 Å². The fourth-order valence-corrected chi connectivity index (χ4v) is 1.30. The standard InChI is InChI=1S/C7H14N4O/c1-11(4-3-9-10-8)7-2-5-12-6-7/h7H,2-6H2,1H3. The fourth-order valence-electron chi connectivity index (χ4n) is 1.30. The van der Waals surface area contributed by atoms with Gasteiger partial charge in [-0.1, -0.05) is 5.11 Å². The van der Waals surface area contributed by atoms with Gasteiger partial charge in [-0.15, -0.1) is 0 Å². The first kappa shape index (κ1) is 9.32. The molecule has 0 aromatic carbocycles. The van der Waals surface area contributed by atoms with Crippen LogP contribution in [-0.4, -0.2) is 44.3 Å². The highest BCUT2D eigenvalue weighted by Crippen LogP contribution is 2.09. The Bertz CT molecular complexity index is 172. The van der Waals surface area contributed by atoms with Crippen LogP contribution < -0.4 is 0 Å². The van der Waals surface area contributed by atoms with Gasteiger partial charge in [-0.05, 0) is 19.0 Å². The molecule has 1 atom stereocenters. The first-order valence-electron chi connectivity index (χ1n) is 4.13. The van der Waals surface area contributed by atoms with Crippen molar-refractivity contribution < 1.29 is 4.74 Å². The normalized spacial score (nSPS) is 22.7. The van der Waals surface area contributed by atoms with Gasteiger partial charge in [-0.3, -0.25) is 0 Å². The molecule has 0 radical (unpaired) electrons. The van der Waals surface area contributed by atoms with Crippen LogP contribution in [0.15, 0.2) is 5.11 Å². The van der Waals surface area contributed by atoms with Gasteiger partial charge in [0.25, 0.3) is 0 Å².